The number of nitrogens with one attached hydrogen (secondary N) is 2. The summed E-state index contributed by atoms with van der Waals surface area (Å²) in [5.41, 5.74) is 6.34. The van der Waals surface area contributed by atoms with Crippen LogP contribution in [0.1, 0.15) is 43.0 Å². The van der Waals surface area contributed by atoms with Crippen LogP contribution in [0.2, 0.25) is 5.02 Å². The van der Waals surface area contributed by atoms with Crippen molar-refractivity contribution in [3.05, 3.63) is 69.9 Å². The molecule has 1 aliphatic carbocycles. The van der Waals surface area contributed by atoms with E-state index in [4.69, 9.17) is 11.6 Å². The molecule has 0 spiro atoms. The maximum atomic E-state index is 13.2. The Kier molecular flexibility index (Phi) is 4.31. The summed E-state index contributed by atoms with van der Waals surface area (Å²) in [6.45, 7) is 8.45. The summed E-state index contributed by atoms with van der Waals surface area (Å²) in [7, 11) is 0. The lowest BCUT2D eigenvalue weighted by atomic mass is 9.72. The van der Waals surface area contributed by atoms with Gasteiger partial charge in [-0.3, -0.25) is 4.79 Å². The number of anilines is 2. The molecule has 0 fully saturated rings. The van der Waals surface area contributed by atoms with E-state index < -0.39 is 0 Å². The second-order valence-electron chi connectivity index (χ2n) is 8.49. The fourth-order valence-electron chi connectivity index (χ4n) is 4.19. The molecule has 1 heterocycles. The molecule has 4 heteroatoms. The number of fused-ring (bicyclic) bond motifs is 2. The molecule has 0 bridgehead atoms. The lowest BCUT2D eigenvalue weighted by Crippen LogP contribution is -2.36. The van der Waals surface area contributed by atoms with Crippen molar-refractivity contribution in [1.29, 1.82) is 0 Å². The molecule has 0 unspecified atom stereocenters. The molecule has 0 saturated heterocycles. The van der Waals surface area contributed by atoms with Crippen LogP contribution in [0.5, 0.6) is 0 Å². The standard InChI is InChI=1S/C23H25ClN2O/c1-13-8-17-18(9-14(13)2)26-22(15-6-5-7-16(24)10-15)21-19(25-17)11-23(3,4)12-20(21)27/h5-11,21-22,25-26H,12H2,1-4H3/t21-,22-/m1/s1. The van der Waals surface area contributed by atoms with Crippen molar-refractivity contribution >= 4 is 28.8 Å². The lowest BCUT2D eigenvalue weighted by Gasteiger charge is -2.35. The van der Waals surface area contributed by atoms with Gasteiger partial charge in [0, 0.05) is 17.1 Å². The summed E-state index contributed by atoms with van der Waals surface area (Å²) in [6.07, 6.45) is 2.76. The first-order valence-electron chi connectivity index (χ1n) is 9.39. The van der Waals surface area contributed by atoms with Crippen molar-refractivity contribution in [3.63, 3.8) is 0 Å². The fourth-order valence-corrected chi connectivity index (χ4v) is 4.39. The van der Waals surface area contributed by atoms with E-state index >= 15 is 0 Å². The second kappa shape index (κ2) is 6.42. The van der Waals surface area contributed by atoms with Crippen molar-refractivity contribution in [2.75, 3.05) is 10.6 Å². The molecule has 4 rings (SSSR count). The number of carbonyl (C=O) groups excluding carboxylic acids is 1. The maximum Gasteiger partial charge on any atom is 0.145 e. The van der Waals surface area contributed by atoms with Gasteiger partial charge in [-0.05, 0) is 60.2 Å². The molecule has 0 aromatic heterocycles. The minimum absolute atomic E-state index is 0.154. The third kappa shape index (κ3) is 3.37. The number of carbonyl (C=O) groups is 1. The van der Waals surface area contributed by atoms with E-state index in [1.54, 1.807) is 0 Å². The van der Waals surface area contributed by atoms with Crippen LogP contribution in [-0.4, -0.2) is 5.78 Å². The SMILES string of the molecule is Cc1cc2c(cc1C)N[C@H](c1cccc(Cl)c1)[C@H]1C(=O)CC(C)(C)C=C1N2. The normalized spacial score (nSPS) is 23.3. The van der Waals surface area contributed by atoms with Crippen LogP contribution >= 0.6 is 11.6 Å². The van der Waals surface area contributed by atoms with Gasteiger partial charge < -0.3 is 10.6 Å². The highest BCUT2D eigenvalue weighted by Crippen LogP contribution is 2.46. The maximum absolute atomic E-state index is 13.2. The van der Waals surface area contributed by atoms with Crippen molar-refractivity contribution in [3.8, 4) is 0 Å². The summed E-state index contributed by atoms with van der Waals surface area (Å²) in [5.74, 6) is -0.00627. The Morgan fingerprint density at radius 1 is 1.07 bits per heavy atom. The van der Waals surface area contributed by atoms with E-state index in [-0.39, 0.29) is 23.2 Å². The van der Waals surface area contributed by atoms with Gasteiger partial charge in [-0.2, -0.15) is 0 Å². The molecule has 140 valence electrons. The highest BCUT2D eigenvalue weighted by atomic mass is 35.5. The predicted octanol–water partition coefficient (Wildman–Crippen LogP) is 6.03. The third-order valence-corrected chi connectivity index (χ3v) is 5.86. The van der Waals surface area contributed by atoms with E-state index in [2.05, 4.69) is 56.5 Å². The van der Waals surface area contributed by atoms with Gasteiger partial charge >= 0.3 is 0 Å². The predicted molar refractivity (Wildman–Crippen MR) is 112 cm³/mol. The minimum Gasteiger partial charge on any atom is -0.375 e. The Morgan fingerprint density at radius 2 is 1.78 bits per heavy atom. The molecule has 0 radical (unpaired) electrons. The summed E-state index contributed by atoms with van der Waals surface area (Å²) >= 11 is 6.26. The van der Waals surface area contributed by atoms with Crippen molar-refractivity contribution in [2.24, 2.45) is 11.3 Å². The van der Waals surface area contributed by atoms with Crippen molar-refractivity contribution in [1.82, 2.24) is 0 Å². The molecule has 2 aliphatic rings. The van der Waals surface area contributed by atoms with Crippen LogP contribution in [0.25, 0.3) is 0 Å². The van der Waals surface area contributed by atoms with Gasteiger partial charge in [-0.15, -0.1) is 0 Å². The quantitative estimate of drug-likeness (QED) is 0.634. The van der Waals surface area contributed by atoms with Gasteiger partial charge in [0.05, 0.1) is 23.3 Å². The third-order valence-electron chi connectivity index (χ3n) is 5.62. The van der Waals surface area contributed by atoms with Gasteiger partial charge in [0.25, 0.3) is 0 Å². The zero-order valence-electron chi connectivity index (χ0n) is 16.2. The van der Waals surface area contributed by atoms with Gasteiger partial charge in [0.15, 0.2) is 0 Å². The number of hydrogen-bond donors (Lipinski definition) is 2. The lowest BCUT2D eigenvalue weighted by molar-refractivity contribution is -0.124. The Hall–Kier alpha value is -2.26. The molecule has 3 nitrogen and oxygen atoms in total. The van der Waals surface area contributed by atoms with Gasteiger partial charge in [-0.1, -0.05) is 43.7 Å². The molecule has 0 amide bonds. The van der Waals surface area contributed by atoms with Crippen LogP contribution in [0.15, 0.2) is 48.2 Å². The second-order valence-corrected chi connectivity index (χ2v) is 8.93. The number of allylic oxidation sites excluding steroid dienone is 1. The Morgan fingerprint density at radius 3 is 2.48 bits per heavy atom. The van der Waals surface area contributed by atoms with E-state index in [1.165, 1.54) is 11.1 Å². The first-order valence-corrected chi connectivity index (χ1v) is 9.77. The fraction of sp³-hybridized carbons (Fsp3) is 0.348. The van der Waals surface area contributed by atoms with E-state index in [9.17, 15) is 4.79 Å². The molecule has 0 saturated carbocycles. The van der Waals surface area contributed by atoms with E-state index in [0.717, 1.165) is 22.6 Å². The minimum atomic E-state index is -0.260. The number of halogens is 1. The van der Waals surface area contributed by atoms with Crippen LogP contribution in [0, 0.1) is 25.2 Å². The van der Waals surface area contributed by atoms with Crippen LogP contribution in [0.4, 0.5) is 11.4 Å². The van der Waals surface area contributed by atoms with Gasteiger partial charge in [-0.25, -0.2) is 0 Å². The molecule has 2 aromatic carbocycles. The summed E-state index contributed by atoms with van der Waals surface area (Å²) in [4.78, 5) is 13.2. The summed E-state index contributed by atoms with van der Waals surface area (Å²) in [5, 5.41) is 7.90. The Bertz CT molecular complexity index is 961. The van der Waals surface area contributed by atoms with Crippen LogP contribution < -0.4 is 10.6 Å². The van der Waals surface area contributed by atoms with Gasteiger partial charge in [0.1, 0.15) is 5.78 Å². The van der Waals surface area contributed by atoms with Crippen molar-refractivity contribution < 1.29 is 4.79 Å². The molecule has 27 heavy (non-hydrogen) atoms. The number of aryl methyl sites for hydroxylation is 2. The number of Topliss-reactive ketones (excluding diaryl/α,β-unsaturated/α-hetero) is 1. The number of benzene rings is 2. The molecule has 1 aliphatic heterocycles. The van der Waals surface area contributed by atoms with Crippen LogP contribution in [-0.2, 0) is 4.79 Å². The topological polar surface area (TPSA) is 41.1 Å². The number of rotatable bonds is 1. The summed E-state index contributed by atoms with van der Waals surface area (Å²) < 4.78 is 0. The largest absolute Gasteiger partial charge is 0.375 e. The Labute approximate surface area is 165 Å². The van der Waals surface area contributed by atoms with Gasteiger partial charge in [0.2, 0.25) is 0 Å². The van der Waals surface area contributed by atoms with E-state index in [1.807, 2.05) is 24.3 Å². The highest BCUT2D eigenvalue weighted by Gasteiger charge is 2.41. The zero-order chi connectivity index (χ0) is 19.3. The van der Waals surface area contributed by atoms with Crippen molar-refractivity contribution in [2.45, 2.75) is 40.2 Å². The number of hydrogen-bond acceptors (Lipinski definition) is 3. The molecule has 2 atom stereocenters. The average molecular weight is 381 g/mol. The smallest absolute Gasteiger partial charge is 0.145 e. The highest BCUT2D eigenvalue weighted by molar-refractivity contribution is 6.30. The zero-order valence-corrected chi connectivity index (χ0v) is 16.9. The Balaban J connectivity index is 1.91. The molecular formula is C23H25ClN2O. The molecule has 2 aromatic rings. The number of ketones is 1. The van der Waals surface area contributed by atoms with E-state index in [0.29, 0.717) is 11.4 Å². The molecular weight excluding hydrogens is 356 g/mol. The average Bonchev–Trinajstić information content (AvgIpc) is 2.71. The monoisotopic (exact) mass is 380 g/mol. The first-order chi connectivity index (χ1) is 12.7. The summed E-state index contributed by atoms with van der Waals surface area (Å²) in [6, 6.07) is 12.0. The molecule has 2 N–H and O–H groups in total. The van der Waals surface area contributed by atoms with Crippen LogP contribution in [0.3, 0.4) is 0 Å². The first kappa shape index (κ1) is 18.1.